The summed E-state index contributed by atoms with van der Waals surface area (Å²) in [6.45, 7) is 0.109. The van der Waals surface area contributed by atoms with E-state index in [1.165, 1.54) is 0 Å². The molecular weight excluding hydrogens is 363 g/mol. The van der Waals surface area contributed by atoms with Crippen LogP contribution in [0.5, 0.6) is 0 Å². The van der Waals surface area contributed by atoms with Gasteiger partial charge in [0.2, 0.25) is 5.91 Å². The number of hydrogen-bond donors (Lipinski definition) is 1. The lowest BCUT2D eigenvalue weighted by Gasteiger charge is -2.06. The van der Waals surface area contributed by atoms with Crippen LogP contribution in [-0.4, -0.2) is 16.4 Å². The molecule has 1 aromatic heterocycles. The van der Waals surface area contributed by atoms with Crippen molar-refractivity contribution < 1.29 is 14.3 Å². The van der Waals surface area contributed by atoms with Gasteiger partial charge in [-0.15, -0.1) is 0 Å². The number of amides is 1. The van der Waals surface area contributed by atoms with Crippen molar-refractivity contribution in [3.8, 4) is 0 Å². The van der Waals surface area contributed by atoms with E-state index in [0.29, 0.717) is 21.4 Å². The van der Waals surface area contributed by atoms with E-state index in [9.17, 15) is 9.59 Å². The van der Waals surface area contributed by atoms with Crippen LogP contribution in [0, 0.1) is 0 Å². The number of hydrogen-bond acceptors (Lipinski definition) is 3. The summed E-state index contributed by atoms with van der Waals surface area (Å²) in [4.78, 5) is 24.5. The number of esters is 1. The third kappa shape index (κ3) is 2.86. The van der Waals surface area contributed by atoms with Gasteiger partial charge in [0.1, 0.15) is 0 Å². The van der Waals surface area contributed by atoms with Crippen LogP contribution in [0.1, 0.15) is 16.1 Å². The Hall–Kier alpha value is -2.50. The van der Waals surface area contributed by atoms with Gasteiger partial charge in [0.15, 0.2) is 12.4 Å². The first-order valence-electron chi connectivity index (χ1n) is 7.56. The summed E-state index contributed by atoms with van der Waals surface area (Å²) in [5, 5.41) is 4.75. The summed E-state index contributed by atoms with van der Waals surface area (Å²) < 4.78 is 6.79. The summed E-state index contributed by atoms with van der Waals surface area (Å²) in [6.07, 6.45) is 0.173. The van der Waals surface area contributed by atoms with Crippen LogP contribution >= 0.6 is 23.2 Å². The number of anilines is 1. The summed E-state index contributed by atoms with van der Waals surface area (Å²) in [5.74, 6) is -0.693. The molecule has 5 nitrogen and oxygen atoms in total. The molecule has 25 heavy (non-hydrogen) atoms. The Balaban J connectivity index is 1.69. The third-order valence-corrected chi connectivity index (χ3v) is 4.57. The summed E-state index contributed by atoms with van der Waals surface area (Å²) in [6, 6.07) is 12.3. The smallest absolute Gasteiger partial charge is 0.359 e. The first kappa shape index (κ1) is 16.0. The van der Waals surface area contributed by atoms with Crippen molar-refractivity contribution in [3.05, 3.63) is 63.8 Å². The van der Waals surface area contributed by atoms with E-state index in [2.05, 4.69) is 5.32 Å². The van der Waals surface area contributed by atoms with Crippen molar-refractivity contribution in [2.24, 2.45) is 0 Å². The normalized spacial score (nSPS) is 13.0. The fourth-order valence-corrected chi connectivity index (χ4v) is 3.25. The molecular formula is C18H12Cl2N2O3. The van der Waals surface area contributed by atoms with Crippen LogP contribution in [0.4, 0.5) is 5.69 Å². The lowest BCUT2D eigenvalue weighted by molar-refractivity contribution is -0.115. The van der Waals surface area contributed by atoms with Gasteiger partial charge in [0.25, 0.3) is 0 Å². The number of nitrogens with zero attached hydrogens (tertiary/aromatic N) is 1. The van der Waals surface area contributed by atoms with E-state index in [1.54, 1.807) is 47.0 Å². The second-order valence-electron chi connectivity index (χ2n) is 5.73. The van der Waals surface area contributed by atoms with Gasteiger partial charge < -0.3 is 10.1 Å². The molecule has 1 amide bonds. The number of benzene rings is 2. The molecule has 126 valence electrons. The Morgan fingerprint density at radius 1 is 1.12 bits per heavy atom. The minimum absolute atomic E-state index is 0.109. The standard InChI is InChI=1S/C18H12Cl2N2O3/c19-11-3-1-10(2-4-11)7-15(23)21-16-13-6-5-12(20)8-14(13)22-9-25-18(24)17(16)22/h1-6,8H,7,9H2,(H,21,23). The van der Waals surface area contributed by atoms with Crippen molar-refractivity contribution in [1.82, 2.24) is 4.57 Å². The van der Waals surface area contributed by atoms with Gasteiger partial charge in [-0.05, 0) is 35.9 Å². The zero-order chi connectivity index (χ0) is 17.6. The molecule has 0 fully saturated rings. The van der Waals surface area contributed by atoms with Gasteiger partial charge in [-0.1, -0.05) is 35.3 Å². The number of fused-ring (bicyclic) bond motifs is 3. The van der Waals surface area contributed by atoms with Crippen LogP contribution < -0.4 is 5.32 Å². The molecule has 1 aliphatic rings. The highest BCUT2D eigenvalue weighted by atomic mass is 35.5. The van der Waals surface area contributed by atoms with Crippen LogP contribution in [-0.2, 0) is 22.7 Å². The maximum atomic E-state index is 12.5. The maximum absolute atomic E-state index is 12.5. The second kappa shape index (κ2) is 6.10. The van der Waals surface area contributed by atoms with E-state index < -0.39 is 5.97 Å². The monoisotopic (exact) mass is 374 g/mol. The van der Waals surface area contributed by atoms with Gasteiger partial charge in [0, 0.05) is 15.4 Å². The van der Waals surface area contributed by atoms with E-state index in [4.69, 9.17) is 27.9 Å². The number of aromatic nitrogens is 1. The molecule has 7 heteroatoms. The highest BCUT2D eigenvalue weighted by molar-refractivity contribution is 6.31. The topological polar surface area (TPSA) is 60.3 Å². The lowest BCUT2D eigenvalue weighted by Crippen LogP contribution is -2.16. The van der Waals surface area contributed by atoms with Gasteiger partial charge in [-0.25, -0.2) is 4.79 Å². The predicted molar refractivity (Wildman–Crippen MR) is 96.1 cm³/mol. The molecule has 4 rings (SSSR count). The third-order valence-electron chi connectivity index (χ3n) is 4.09. The first-order valence-corrected chi connectivity index (χ1v) is 8.31. The molecule has 0 aliphatic carbocycles. The average molecular weight is 375 g/mol. The zero-order valence-electron chi connectivity index (χ0n) is 12.9. The van der Waals surface area contributed by atoms with Crippen molar-refractivity contribution >= 4 is 51.7 Å². The molecule has 3 aromatic rings. The SMILES string of the molecule is O=C(Cc1ccc(Cl)cc1)Nc1c2n(c3cc(Cl)ccc13)COC2=O. The van der Waals surface area contributed by atoms with E-state index >= 15 is 0 Å². The van der Waals surface area contributed by atoms with Crippen molar-refractivity contribution in [1.29, 1.82) is 0 Å². The van der Waals surface area contributed by atoms with Gasteiger partial charge in [0.05, 0.1) is 17.6 Å². The van der Waals surface area contributed by atoms with Gasteiger partial charge in [-0.2, -0.15) is 0 Å². The predicted octanol–water partition coefficient (Wildman–Crippen LogP) is 4.26. The Labute approximate surface area is 153 Å². The summed E-state index contributed by atoms with van der Waals surface area (Å²) in [7, 11) is 0. The largest absolute Gasteiger partial charge is 0.439 e. The quantitative estimate of drug-likeness (QED) is 0.696. The molecule has 0 unspecified atom stereocenters. The molecule has 0 saturated heterocycles. The van der Waals surface area contributed by atoms with Crippen LogP contribution in [0.25, 0.3) is 10.9 Å². The molecule has 1 N–H and O–H groups in total. The number of nitrogens with one attached hydrogen (secondary N) is 1. The molecule has 0 bridgehead atoms. The number of ether oxygens (including phenoxy) is 1. The molecule has 0 radical (unpaired) electrons. The molecule has 0 saturated carbocycles. The van der Waals surface area contributed by atoms with E-state index in [-0.39, 0.29) is 19.1 Å². The molecule has 2 aromatic carbocycles. The number of halogens is 2. The Kier molecular flexibility index (Phi) is 3.90. The maximum Gasteiger partial charge on any atom is 0.359 e. The molecule has 2 heterocycles. The molecule has 1 aliphatic heterocycles. The molecule has 0 atom stereocenters. The second-order valence-corrected chi connectivity index (χ2v) is 6.60. The van der Waals surface area contributed by atoms with Crippen LogP contribution in [0.3, 0.4) is 0 Å². The Morgan fingerprint density at radius 2 is 1.84 bits per heavy atom. The van der Waals surface area contributed by atoms with Crippen molar-refractivity contribution in [2.45, 2.75) is 13.2 Å². The fourth-order valence-electron chi connectivity index (χ4n) is 2.96. The lowest BCUT2D eigenvalue weighted by atomic mass is 10.1. The fraction of sp³-hybridized carbons (Fsp3) is 0.111. The average Bonchev–Trinajstić information content (AvgIpc) is 3.09. The van der Waals surface area contributed by atoms with Crippen molar-refractivity contribution in [3.63, 3.8) is 0 Å². The van der Waals surface area contributed by atoms with E-state index in [0.717, 1.165) is 16.5 Å². The van der Waals surface area contributed by atoms with Gasteiger partial charge in [-0.3, -0.25) is 9.36 Å². The highest BCUT2D eigenvalue weighted by Crippen LogP contribution is 2.36. The highest BCUT2D eigenvalue weighted by Gasteiger charge is 2.30. The number of rotatable bonds is 3. The van der Waals surface area contributed by atoms with Crippen LogP contribution in [0.15, 0.2) is 42.5 Å². The number of carbonyl (C=O) groups is 2. The minimum Gasteiger partial charge on any atom is -0.439 e. The Bertz CT molecular complexity index is 1010. The first-order chi connectivity index (χ1) is 12.0. The Morgan fingerprint density at radius 3 is 2.60 bits per heavy atom. The van der Waals surface area contributed by atoms with Gasteiger partial charge >= 0.3 is 5.97 Å². The summed E-state index contributed by atoms with van der Waals surface area (Å²) >= 11 is 11.9. The van der Waals surface area contributed by atoms with Crippen molar-refractivity contribution in [2.75, 3.05) is 5.32 Å². The zero-order valence-corrected chi connectivity index (χ0v) is 14.4. The number of carbonyl (C=O) groups excluding carboxylic acids is 2. The van der Waals surface area contributed by atoms with Crippen LogP contribution in [0.2, 0.25) is 10.0 Å². The van der Waals surface area contributed by atoms with E-state index in [1.807, 2.05) is 0 Å². The number of cyclic esters (lactones) is 1. The minimum atomic E-state index is -0.464. The molecule has 0 spiro atoms. The summed E-state index contributed by atoms with van der Waals surface area (Å²) in [5.41, 5.74) is 2.36.